The summed E-state index contributed by atoms with van der Waals surface area (Å²) in [7, 11) is 4.74. The van der Waals surface area contributed by atoms with Crippen molar-refractivity contribution in [2.24, 2.45) is 4.99 Å². The quantitative estimate of drug-likeness (QED) is 0.492. The van der Waals surface area contributed by atoms with Crippen LogP contribution in [-0.2, 0) is 13.0 Å². The van der Waals surface area contributed by atoms with Crippen LogP contribution in [0.1, 0.15) is 16.7 Å². The van der Waals surface area contributed by atoms with Crippen molar-refractivity contribution in [2.75, 3.05) is 27.8 Å². The molecular weight excluding hydrogens is 380 g/mol. The Morgan fingerprint density at radius 3 is 2.41 bits per heavy atom. The van der Waals surface area contributed by atoms with Gasteiger partial charge >= 0.3 is 6.61 Å². The summed E-state index contributed by atoms with van der Waals surface area (Å²) in [6, 6.07) is 11.0. The van der Waals surface area contributed by atoms with Crippen LogP contribution in [0.5, 0.6) is 17.2 Å². The molecule has 0 bridgehead atoms. The molecule has 0 spiro atoms. The molecule has 0 fully saturated rings. The van der Waals surface area contributed by atoms with Crippen LogP contribution in [0.4, 0.5) is 8.78 Å². The maximum absolute atomic E-state index is 12.6. The molecule has 0 unspecified atom stereocenters. The van der Waals surface area contributed by atoms with E-state index in [0.29, 0.717) is 25.5 Å². The molecule has 0 radical (unpaired) electrons. The van der Waals surface area contributed by atoms with E-state index in [4.69, 9.17) is 9.47 Å². The summed E-state index contributed by atoms with van der Waals surface area (Å²) in [6.45, 7) is 0.222. The molecule has 0 amide bonds. The van der Waals surface area contributed by atoms with Gasteiger partial charge < -0.3 is 24.8 Å². The van der Waals surface area contributed by atoms with Crippen LogP contribution in [0.3, 0.4) is 0 Å². The number of benzene rings is 2. The van der Waals surface area contributed by atoms with E-state index in [2.05, 4.69) is 20.4 Å². The van der Waals surface area contributed by atoms with Crippen molar-refractivity contribution >= 4 is 5.96 Å². The summed E-state index contributed by atoms with van der Waals surface area (Å²) in [6.07, 6.45) is 0.595. The van der Waals surface area contributed by atoms with Gasteiger partial charge in [-0.05, 0) is 42.7 Å². The average Bonchev–Trinajstić information content (AvgIpc) is 2.70. The second-order valence-corrected chi connectivity index (χ2v) is 6.28. The topological polar surface area (TPSA) is 64.1 Å². The minimum absolute atomic E-state index is 0.0222. The van der Waals surface area contributed by atoms with Crippen molar-refractivity contribution in [1.29, 1.82) is 0 Å². The van der Waals surface area contributed by atoms with Crippen LogP contribution in [0, 0.1) is 6.92 Å². The number of aryl methyl sites for hydroxylation is 1. The lowest BCUT2D eigenvalue weighted by Gasteiger charge is -2.15. The first-order valence-electron chi connectivity index (χ1n) is 9.16. The van der Waals surface area contributed by atoms with E-state index < -0.39 is 6.61 Å². The molecular formula is C21H27F2N3O3. The van der Waals surface area contributed by atoms with Crippen LogP contribution >= 0.6 is 0 Å². The zero-order valence-electron chi connectivity index (χ0n) is 17.1. The highest BCUT2D eigenvalue weighted by Crippen LogP contribution is 2.29. The molecule has 0 atom stereocenters. The summed E-state index contributed by atoms with van der Waals surface area (Å²) in [5, 5.41) is 6.44. The van der Waals surface area contributed by atoms with Crippen LogP contribution < -0.4 is 24.8 Å². The third-order valence-electron chi connectivity index (χ3n) is 4.26. The fraction of sp³-hybridized carbons (Fsp3) is 0.381. The van der Waals surface area contributed by atoms with E-state index in [1.165, 1.54) is 7.11 Å². The van der Waals surface area contributed by atoms with Crippen molar-refractivity contribution in [2.45, 2.75) is 26.5 Å². The molecule has 8 heteroatoms. The Morgan fingerprint density at radius 1 is 1.00 bits per heavy atom. The van der Waals surface area contributed by atoms with Crippen LogP contribution in [0.25, 0.3) is 0 Å². The van der Waals surface area contributed by atoms with E-state index in [9.17, 15) is 8.78 Å². The number of aliphatic imine (C=N–C) groups is 1. The predicted molar refractivity (Wildman–Crippen MR) is 109 cm³/mol. The molecule has 0 heterocycles. The molecule has 0 aliphatic rings. The number of nitrogens with one attached hydrogen (secondary N) is 2. The minimum Gasteiger partial charge on any atom is -0.496 e. The minimum atomic E-state index is -2.90. The van der Waals surface area contributed by atoms with Crippen LogP contribution in [-0.4, -0.2) is 40.4 Å². The van der Waals surface area contributed by atoms with Crippen molar-refractivity contribution < 1.29 is 23.0 Å². The molecule has 0 aliphatic heterocycles. The molecule has 29 heavy (non-hydrogen) atoms. The van der Waals surface area contributed by atoms with Gasteiger partial charge in [0.2, 0.25) is 0 Å². The van der Waals surface area contributed by atoms with Crippen LogP contribution in [0.2, 0.25) is 0 Å². The Kier molecular flexibility index (Phi) is 8.51. The van der Waals surface area contributed by atoms with E-state index in [1.807, 2.05) is 31.2 Å². The molecule has 158 valence electrons. The number of hydrogen-bond donors (Lipinski definition) is 2. The first-order valence-corrected chi connectivity index (χ1v) is 9.16. The van der Waals surface area contributed by atoms with Crippen molar-refractivity contribution in [1.82, 2.24) is 10.6 Å². The lowest BCUT2D eigenvalue weighted by Crippen LogP contribution is -2.37. The van der Waals surface area contributed by atoms with Gasteiger partial charge in [-0.3, -0.25) is 4.99 Å². The molecule has 6 nitrogen and oxygen atoms in total. The molecule has 2 rings (SSSR count). The fourth-order valence-electron chi connectivity index (χ4n) is 2.79. The van der Waals surface area contributed by atoms with Gasteiger partial charge in [-0.15, -0.1) is 0 Å². The Morgan fingerprint density at radius 2 is 1.76 bits per heavy atom. The average molecular weight is 407 g/mol. The zero-order valence-corrected chi connectivity index (χ0v) is 17.1. The van der Waals surface area contributed by atoms with Crippen LogP contribution in [0.15, 0.2) is 41.4 Å². The van der Waals surface area contributed by atoms with Gasteiger partial charge in [0.1, 0.15) is 5.75 Å². The van der Waals surface area contributed by atoms with Crippen molar-refractivity contribution in [3.8, 4) is 17.2 Å². The van der Waals surface area contributed by atoms with E-state index in [0.717, 1.165) is 22.4 Å². The second-order valence-electron chi connectivity index (χ2n) is 6.28. The summed E-state index contributed by atoms with van der Waals surface area (Å²) in [4.78, 5) is 4.20. The van der Waals surface area contributed by atoms with Gasteiger partial charge in [0.15, 0.2) is 17.5 Å². The monoisotopic (exact) mass is 407 g/mol. The molecule has 0 saturated heterocycles. The summed E-state index contributed by atoms with van der Waals surface area (Å²) < 4.78 is 40.1. The largest absolute Gasteiger partial charge is 0.496 e. The molecule has 0 saturated carbocycles. The highest BCUT2D eigenvalue weighted by Gasteiger charge is 2.11. The van der Waals surface area contributed by atoms with E-state index in [-0.39, 0.29) is 11.5 Å². The SMILES string of the molecule is CN=C(NCCc1ccc(OC)c(OC(F)F)c1)NCc1ccc(C)cc1OC. The van der Waals surface area contributed by atoms with Gasteiger partial charge in [-0.1, -0.05) is 18.2 Å². The first-order chi connectivity index (χ1) is 14.0. The van der Waals surface area contributed by atoms with Gasteiger partial charge in [0.05, 0.1) is 14.2 Å². The standard InChI is InChI=1S/C21H27F2N3O3/c1-14-5-7-16(18(11-14)28-4)13-26-21(24-2)25-10-9-15-6-8-17(27-3)19(12-15)29-20(22)23/h5-8,11-12,20H,9-10,13H2,1-4H3,(H2,24,25,26). The smallest absolute Gasteiger partial charge is 0.387 e. The fourth-order valence-corrected chi connectivity index (χ4v) is 2.79. The number of alkyl halides is 2. The van der Waals surface area contributed by atoms with E-state index in [1.54, 1.807) is 26.3 Å². The predicted octanol–water partition coefficient (Wildman–Crippen LogP) is 3.52. The summed E-state index contributed by atoms with van der Waals surface area (Å²) in [5.74, 6) is 1.74. The lowest BCUT2D eigenvalue weighted by atomic mass is 10.1. The van der Waals surface area contributed by atoms with Gasteiger partial charge in [0, 0.05) is 25.7 Å². The zero-order chi connectivity index (χ0) is 21.2. The number of hydrogen-bond acceptors (Lipinski definition) is 4. The third-order valence-corrected chi connectivity index (χ3v) is 4.26. The number of nitrogens with zero attached hydrogens (tertiary/aromatic N) is 1. The Balaban J connectivity index is 1.90. The summed E-state index contributed by atoms with van der Waals surface area (Å²) in [5.41, 5.74) is 2.98. The molecule has 2 aromatic carbocycles. The van der Waals surface area contributed by atoms with Gasteiger partial charge in [0.25, 0.3) is 0 Å². The number of ether oxygens (including phenoxy) is 3. The normalized spacial score (nSPS) is 11.3. The molecule has 0 aromatic heterocycles. The summed E-state index contributed by atoms with van der Waals surface area (Å²) >= 11 is 0. The molecule has 2 N–H and O–H groups in total. The highest BCUT2D eigenvalue weighted by molar-refractivity contribution is 5.79. The second kappa shape index (κ2) is 11.1. The lowest BCUT2D eigenvalue weighted by molar-refractivity contribution is -0.0512. The Labute approximate surface area is 169 Å². The number of halogens is 2. The third kappa shape index (κ3) is 6.81. The Bertz CT molecular complexity index is 829. The van der Waals surface area contributed by atoms with Gasteiger partial charge in [-0.25, -0.2) is 0 Å². The number of guanidine groups is 1. The van der Waals surface area contributed by atoms with E-state index >= 15 is 0 Å². The number of methoxy groups -OCH3 is 2. The Hall–Kier alpha value is -3.03. The van der Waals surface area contributed by atoms with Gasteiger partial charge in [-0.2, -0.15) is 8.78 Å². The maximum Gasteiger partial charge on any atom is 0.387 e. The first kappa shape index (κ1) is 22.3. The molecule has 0 aliphatic carbocycles. The van der Waals surface area contributed by atoms with Crippen molar-refractivity contribution in [3.05, 3.63) is 53.1 Å². The molecule has 2 aromatic rings. The number of rotatable bonds is 9. The maximum atomic E-state index is 12.6. The van der Waals surface area contributed by atoms with Crippen molar-refractivity contribution in [3.63, 3.8) is 0 Å². The highest BCUT2D eigenvalue weighted by atomic mass is 19.3.